The summed E-state index contributed by atoms with van der Waals surface area (Å²) in [5, 5.41) is 22.9. The van der Waals surface area contributed by atoms with Crippen LogP contribution in [0.3, 0.4) is 0 Å². The van der Waals surface area contributed by atoms with E-state index in [1.807, 2.05) is 42.5 Å². The number of hydrogen-bond donors (Lipinski definition) is 1. The third kappa shape index (κ3) is 4.16. The van der Waals surface area contributed by atoms with Gasteiger partial charge < -0.3 is 10.1 Å². The highest BCUT2D eigenvalue weighted by Gasteiger charge is 2.37. The second-order valence-electron chi connectivity index (χ2n) is 6.55. The fourth-order valence-corrected chi connectivity index (χ4v) is 4.47. The lowest BCUT2D eigenvalue weighted by atomic mass is 9.95. The Balaban J connectivity index is 2.10. The maximum absolute atomic E-state index is 12.7. The molecule has 0 spiro atoms. The van der Waals surface area contributed by atoms with Crippen LogP contribution < -0.4 is 10.2 Å². The highest BCUT2D eigenvalue weighted by Crippen LogP contribution is 2.45. The molecule has 0 saturated heterocycles. The van der Waals surface area contributed by atoms with Gasteiger partial charge in [-0.25, -0.2) is 4.79 Å². The molecule has 1 saturated carbocycles. The molecule has 1 fully saturated rings. The van der Waals surface area contributed by atoms with Crippen LogP contribution in [-0.2, 0) is 9.53 Å². The molecule has 0 amide bonds. The van der Waals surface area contributed by atoms with Gasteiger partial charge in [0.2, 0.25) is 0 Å². The number of thioether (sulfide) groups is 1. The Morgan fingerprint density at radius 2 is 1.89 bits per heavy atom. The van der Waals surface area contributed by atoms with Crippen molar-refractivity contribution in [2.45, 2.75) is 45.1 Å². The molecule has 2 aliphatic rings. The Labute approximate surface area is 169 Å². The van der Waals surface area contributed by atoms with E-state index in [4.69, 9.17) is 4.74 Å². The molecule has 28 heavy (non-hydrogen) atoms. The van der Waals surface area contributed by atoms with Crippen LogP contribution in [0.15, 0.2) is 51.7 Å². The van der Waals surface area contributed by atoms with E-state index in [0.717, 1.165) is 43.1 Å². The second-order valence-corrected chi connectivity index (χ2v) is 7.55. The Morgan fingerprint density at radius 1 is 1.21 bits per heavy atom. The summed E-state index contributed by atoms with van der Waals surface area (Å²) in [6.07, 6.45) is 5.55. The summed E-state index contributed by atoms with van der Waals surface area (Å²) in [7, 11) is 0. The Morgan fingerprint density at radius 3 is 2.50 bits per heavy atom. The first-order chi connectivity index (χ1) is 13.7. The summed E-state index contributed by atoms with van der Waals surface area (Å²) in [6, 6.07) is 13.6. The Hall–Kier alpha value is -2.90. The van der Waals surface area contributed by atoms with E-state index in [2.05, 4.69) is 5.32 Å². The molecule has 0 bridgehead atoms. The van der Waals surface area contributed by atoms with Crippen molar-refractivity contribution in [3.8, 4) is 12.1 Å². The Bertz CT molecular complexity index is 858. The molecule has 1 aromatic rings. The molecule has 1 heterocycles. The first-order valence-corrected chi connectivity index (χ1v) is 10.3. The van der Waals surface area contributed by atoms with E-state index >= 15 is 0 Å². The summed E-state index contributed by atoms with van der Waals surface area (Å²) in [5.74, 6) is 0.150. The molecule has 1 aliphatic heterocycles. The van der Waals surface area contributed by atoms with E-state index in [9.17, 15) is 15.3 Å². The number of carbonyl (C=O) groups excluding carboxylic acids is 1. The number of nitrogens with one attached hydrogen (secondary N) is 1. The minimum atomic E-state index is -0.447. The van der Waals surface area contributed by atoms with Crippen molar-refractivity contribution in [1.29, 1.82) is 10.5 Å². The molecular formula is C21H22N4O2S. The zero-order chi connectivity index (χ0) is 19.9. The quantitative estimate of drug-likeness (QED) is 0.592. The van der Waals surface area contributed by atoms with Gasteiger partial charge in [0.25, 0.3) is 0 Å². The first-order valence-electron chi connectivity index (χ1n) is 9.45. The molecule has 1 N–H and O–H groups in total. The predicted octanol–water partition coefficient (Wildman–Crippen LogP) is 4.15. The van der Waals surface area contributed by atoms with Crippen molar-refractivity contribution in [1.82, 2.24) is 5.32 Å². The van der Waals surface area contributed by atoms with Crippen LogP contribution in [0.5, 0.6) is 0 Å². The van der Waals surface area contributed by atoms with Crippen molar-refractivity contribution >= 4 is 23.4 Å². The van der Waals surface area contributed by atoms with Crippen LogP contribution >= 0.6 is 11.8 Å². The summed E-state index contributed by atoms with van der Waals surface area (Å²) < 4.78 is 5.25. The van der Waals surface area contributed by atoms with Crippen molar-refractivity contribution in [2.24, 2.45) is 0 Å². The lowest BCUT2D eigenvalue weighted by Crippen LogP contribution is -2.37. The number of para-hydroxylation sites is 1. The molecular weight excluding hydrogens is 372 g/mol. The zero-order valence-electron chi connectivity index (χ0n) is 15.8. The number of allylic oxidation sites excluding steroid dienone is 1. The van der Waals surface area contributed by atoms with Crippen LogP contribution in [-0.4, -0.2) is 18.6 Å². The number of ether oxygens (including phenoxy) is 1. The number of benzene rings is 1. The van der Waals surface area contributed by atoms with Gasteiger partial charge in [-0.15, -0.1) is 0 Å². The smallest absolute Gasteiger partial charge is 0.348 e. The van der Waals surface area contributed by atoms with Crippen LogP contribution in [0.2, 0.25) is 0 Å². The fraction of sp³-hybridized carbons (Fsp3) is 0.381. The highest BCUT2D eigenvalue weighted by molar-refractivity contribution is 8.08. The lowest BCUT2D eigenvalue weighted by Gasteiger charge is -2.30. The maximum atomic E-state index is 12.7. The molecule has 0 aromatic heterocycles. The van der Waals surface area contributed by atoms with Crippen molar-refractivity contribution in [3.05, 3.63) is 51.7 Å². The molecule has 3 rings (SSSR count). The van der Waals surface area contributed by atoms with Gasteiger partial charge in [-0.2, -0.15) is 10.5 Å². The van der Waals surface area contributed by atoms with Crippen LogP contribution in [0.1, 0.15) is 39.0 Å². The van der Waals surface area contributed by atoms with E-state index in [1.165, 1.54) is 6.42 Å². The number of esters is 1. The Kier molecular flexibility index (Phi) is 6.62. The molecule has 0 unspecified atom stereocenters. The SMILES string of the molecule is CCOC(=O)C1=C(NC2CCCCC2)N(c2ccccc2)C(=C(C#N)C#N)S1. The molecule has 1 aromatic carbocycles. The minimum Gasteiger partial charge on any atom is -0.462 e. The average Bonchev–Trinajstić information content (AvgIpc) is 3.09. The normalized spacial score (nSPS) is 17.1. The van der Waals surface area contributed by atoms with Crippen molar-refractivity contribution < 1.29 is 9.53 Å². The number of anilines is 1. The molecule has 0 radical (unpaired) electrons. The molecule has 6 nitrogen and oxygen atoms in total. The van der Waals surface area contributed by atoms with Gasteiger partial charge in [-0.3, -0.25) is 4.90 Å². The zero-order valence-corrected chi connectivity index (χ0v) is 16.6. The monoisotopic (exact) mass is 394 g/mol. The van der Waals surface area contributed by atoms with E-state index in [1.54, 1.807) is 11.8 Å². The van der Waals surface area contributed by atoms with Crippen LogP contribution in [0.4, 0.5) is 5.69 Å². The molecule has 0 atom stereocenters. The van der Waals surface area contributed by atoms with E-state index in [-0.39, 0.29) is 18.2 Å². The van der Waals surface area contributed by atoms with Crippen LogP contribution in [0.25, 0.3) is 0 Å². The predicted molar refractivity (Wildman–Crippen MR) is 108 cm³/mol. The summed E-state index contributed by atoms with van der Waals surface area (Å²) >= 11 is 1.12. The molecule has 7 heteroatoms. The second kappa shape index (κ2) is 9.34. The molecule has 1 aliphatic carbocycles. The standard InChI is InChI=1S/C21H22N4O2S/c1-2-27-21(26)18-19(24-16-9-5-3-6-10-16)25(17-11-7-4-8-12-17)20(28-18)15(13-22)14-23/h4,7-8,11-12,16,24H,2-3,5-6,9-10H2,1H3. The lowest BCUT2D eigenvalue weighted by molar-refractivity contribution is -0.137. The van der Waals surface area contributed by atoms with Gasteiger partial charge >= 0.3 is 5.97 Å². The fourth-order valence-electron chi connectivity index (χ4n) is 3.41. The van der Waals surface area contributed by atoms with Crippen molar-refractivity contribution in [3.63, 3.8) is 0 Å². The summed E-state index contributed by atoms with van der Waals surface area (Å²) in [5.41, 5.74) is 0.752. The van der Waals surface area contributed by atoms with Gasteiger partial charge in [0, 0.05) is 11.7 Å². The topological polar surface area (TPSA) is 89.2 Å². The number of nitrogens with zero attached hydrogens (tertiary/aromatic N) is 3. The average molecular weight is 395 g/mol. The first kappa shape index (κ1) is 19.9. The summed E-state index contributed by atoms with van der Waals surface area (Å²) in [6.45, 7) is 2.02. The maximum Gasteiger partial charge on any atom is 0.348 e. The van der Waals surface area contributed by atoms with Gasteiger partial charge in [-0.05, 0) is 31.9 Å². The number of nitriles is 2. The largest absolute Gasteiger partial charge is 0.462 e. The summed E-state index contributed by atoms with van der Waals surface area (Å²) in [4.78, 5) is 14.8. The third-order valence-electron chi connectivity index (χ3n) is 4.70. The van der Waals surface area contributed by atoms with Crippen LogP contribution in [0, 0.1) is 22.7 Å². The van der Waals surface area contributed by atoms with Gasteiger partial charge in [-0.1, -0.05) is 49.2 Å². The third-order valence-corrected chi connectivity index (χ3v) is 5.84. The van der Waals surface area contributed by atoms with Gasteiger partial charge in [0.1, 0.15) is 27.9 Å². The van der Waals surface area contributed by atoms with Crippen molar-refractivity contribution in [2.75, 3.05) is 11.5 Å². The molecule has 144 valence electrons. The van der Waals surface area contributed by atoms with Gasteiger partial charge in [0.15, 0.2) is 5.57 Å². The minimum absolute atomic E-state index is 0.0314. The number of carbonyl (C=O) groups is 1. The number of hydrogen-bond acceptors (Lipinski definition) is 7. The van der Waals surface area contributed by atoms with E-state index < -0.39 is 5.97 Å². The number of rotatable bonds is 5. The van der Waals surface area contributed by atoms with Gasteiger partial charge in [0.05, 0.1) is 6.61 Å². The van der Waals surface area contributed by atoms with E-state index in [0.29, 0.717) is 15.8 Å². The highest BCUT2D eigenvalue weighted by atomic mass is 32.2.